The van der Waals surface area contributed by atoms with Crippen LogP contribution in [0.25, 0.3) is 0 Å². The summed E-state index contributed by atoms with van der Waals surface area (Å²) in [6.07, 6.45) is 0. The van der Waals surface area contributed by atoms with E-state index in [4.69, 9.17) is 0 Å². The molecule has 2 rings (SSSR count). The van der Waals surface area contributed by atoms with Crippen molar-refractivity contribution < 1.29 is 8.42 Å². The Labute approximate surface area is 132 Å². The maximum Gasteiger partial charge on any atom is 0.261 e. The topological polar surface area (TPSA) is 58.2 Å². The van der Waals surface area contributed by atoms with Gasteiger partial charge < -0.3 is 5.32 Å². The lowest BCUT2D eigenvalue weighted by molar-refractivity contribution is 0.601. The molecule has 0 saturated heterocycles. The van der Waals surface area contributed by atoms with Gasteiger partial charge in [-0.2, -0.15) is 0 Å². The Kier molecular flexibility index (Phi) is 5.08. The lowest BCUT2D eigenvalue weighted by Crippen LogP contribution is -2.15. The summed E-state index contributed by atoms with van der Waals surface area (Å²) in [6.45, 7) is 6.91. The number of hydrogen-bond donors (Lipinski definition) is 2. The van der Waals surface area contributed by atoms with Crippen molar-refractivity contribution in [3.8, 4) is 0 Å². The Bertz CT molecular complexity index is 723. The van der Waals surface area contributed by atoms with Gasteiger partial charge in [0, 0.05) is 6.54 Å². The minimum Gasteiger partial charge on any atom is -0.383 e. The van der Waals surface area contributed by atoms with Gasteiger partial charge in [0.15, 0.2) is 0 Å². The molecule has 0 radical (unpaired) electrons. The highest BCUT2D eigenvalue weighted by Gasteiger charge is 2.15. The highest BCUT2D eigenvalue weighted by atomic mass is 32.2. The Morgan fingerprint density at radius 1 is 0.955 bits per heavy atom. The van der Waals surface area contributed by atoms with Crippen molar-refractivity contribution in [1.29, 1.82) is 0 Å². The summed E-state index contributed by atoms with van der Waals surface area (Å²) < 4.78 is 27.6. The predicted molar refractivity (Wildman–Crippen MR) is 91.8 cm³/mol. The Morgan fingerprint density at radius 3 is 2.14 bits per heavy atom. The number of nitrogens with one attached hydrogen (secondary N) is 2. The molecule has 0 saturated carbocycles. The van der Waals surface area contributed by atoms with Gasteiger partial charge in [0.2, 0.25) is 0 Å². The predicted octanol–water partition coefficient (Wildman–Crippen LogP) is 3.86. The summed E-state index contributed by atoms with van der Waals surface area (Å²) in [6, 6.07) is 14.1. The molecule has 5 heteroatoms. The van der Waals surface area contributed by atoms with Crippen LogP contribution in [0.2, 0.25) is 0 Å². The highest BCUT2D eigenvalue weighted by molar-refractivity contribution is 7.92. The lowest BCUT2D eigenvalue weighted by atomic mass is 10.2. The van der Waals surface area contributed by atoms with Crippen LogP contribution >= 0.6 is 0 Å². The number of hydrogen-bond acceptors (Lipinski definition) is 3. The minimum absolute atomic E-state index is 0.261. The third kappa shape index (κ3) is 4.24. The monoisotopic (exact) mass is 318 g/mol. The fourth-order valence-electron chi connectivity index (χ4n) is 1.96. The summed E-state index contributed by atoms with van der Waals surface area (Å²) in [5, 5.41) is 3.27. The fraction of sp³-hybridized carbons (Fsp3) is 0.294. The molecular weight excluding hydrogens is 296 g/mol. The van der Waals surface area contributed by atoms with Gasteiger partial charge in [0.1, 0.15) is 0 Å². The lowest BCUT2D eigenvalue weighted by Gasteiger charge is -2.15. The molecule has 0 aliphatic rings. The normalized spacial score (nSPS) is 11.5. The first-order chi connectivity index (χ1) is 10.4. The Hall–Kier alpha value is -2.01. The number of rotatable bonds is 6. The Morgan fingerprint density at radius 2 is 1.55 bits per heavy atom. The van der Waals surface area contributed by atoms with E-state index in [2.05, 4.69) is 23.9 Å². The molecule has 2 aromatic rings. The van der Waals surface area contributed by atoms with E-state index in [-0.39, 0.29) is 4.90 Å². The molecular formula is C17H22N2O2S. The van der Waals surface area contributed by atoms with Crippen molar-refractivity contribution in [2.24, 2.45) is 5.92 Å². The maximum absolute atomic E-state index is 12.5. The fourth-order valence-corrected chi connectivity index (χ4v) is 3.04. The number of sulfonamides is 1. The zero-order valence-electron chi connectivity index (χ0n) is 13.1. The summed E-state index contributed by atoms with van der Waals surface area (Å²) in [7, 11) is -3.58. The van der Waals surface area contributed by atoms with Crippen LogP contribution < -0.4 is 10.0 Å². The van der Waals surface area contributed by atoms with Crippen LogP contribution in [-0.2, 0) is 10.0 Å². The maximum atomic E-state index is 12.5. The first kappa shape index (κ1) is 16.4. The second-order valence-electron chi connectivity index (χ2n) is 5.74. The molecule has 0 amide bonds. The molecule has 118 valence electrons. The standard InChI is InChI=1S/C17H22N2O2S/c1-13(2)12-18-16-6-4-5-7-17(16)19-22(20,21)15-10-8-14(3)9-11-15/h4-11,13,18-19H,12H2,1-3H3. The molecule has 2 aromatic carbocycles. The van der Waals surface area contributed by atoms with Gasteiger partial charge in [-0.05, 0) is 37.1 Å². The van der Waals surface area contributed by atoms with Gasteiger partial charge in [-0.25, -0.2) is 8.42 Å². The molecule has 0 atom stereocenters. The molecule has 0 heterocycles. The molecule has 0 bridgehead atoms. The van der Waals surface area contributed by atoms with Crippen molar-refractivity contribution in [3.05, 3.63) is 54.1 Å². The van der Waals surface area contributed by atoms with Gasteiger partial charge in [0.25, 0.3) is 10.0 Å². The summed E-state index contributed by atoms with van der Waals surface area (Å²) >= 11 is 0. The Balaban J connectivity index is 2.24. The van der Waals surface area contributed by atoms with Crippen LogP contribution in [0, 0.1) is 12.8 Å². The molecule has 0 aromatic heterocycles. The molecule has 0 unspecified atom stereocenters. The van der Waals surface area contributed by atoms with Crippen molar-refractivity contribution in [2.75, 3.05) is 16.6 Å². The van der Waals surface area contributed by atoms with E-state index in [0.29, 0.717) is 11.6 Å². The number of para-hydroxylation sites is 2. The van der Waals surface area contributed by atoms with Gasteiger partial charge >= 0.3 is 0 Å². The van der Waals surface area contributed by atoms with Crippen molar-refractivity contribution >= 4 is 21.4 Å². The highest BCUT2D eigenvalue weighted by Crippen LogP contribution is 2.24. The molecule has 0 aliphatic heterocycles. The van der Waals surface area contributed by atoms with Crippen LogP contribution in [0.4, 0.5) is 11.4 Å². The number of aryl methyl sites for hydroxylation is 1. The molecule has 0 aliphatic carbocycles. The zero-order valence-corrected chi connectivity index (χ0v) is 13.9. The smallest absolute Gasteiger partial charge is 0.261 e. The van der Waals surface area contributed by atoms with E-state index in [1.165, 1.54) is 0 Å². The summed E-state index contributed by atoms with van der Waals surface area (Å²) in [4.78, 5) is 0.261. The van der Waals surface area contributed by atoms with Crippen LogP contribution in [0.5, 0.6) is 0 Å². The van der Waals surface area contributed by atoms with Crippen LogP contribution in [0.1, 0.15) is 19.4 Å². The van der Waals surface area contributed by atoms with Crippen LogP contribution in [-0.4, -0.2) is 15.0 Å². The van der Waals surface area contributed by atoms with Gasteiger partial charge in [-0.15, -0.1) is 0 Å². The van der Waals surface area contributed by atoms with Crippen LogP contribution in [0.15, 0.2) is 53.4 Å². The molecule has 22 heavy (non-hydrogen) atoms. The van der Waals surface area contributed by atoms with Gasteiger partial charge in [-0.1, -0.05) is 43.7 Å². The molecule has 2 N–H and O–H groups in total. The number of benzene rings is 2. The SMILES string of the molecule is Cc1ccc(S(=O)(=O)Nc2ccccc2NCC(C)C)cc1. The summed E-state index contributed by atoms with van der Waals surface area (Å²) in [5.41, 5.74) is 2.37. The van der Waals surface area contributed by atoms with E-state index in [0.717, 1.165) is 17.8 Å². The van der Waals surface area contributed by atoms with Crippen LogP contribution in [0.3, 0.4) is 0 Å². The largest absolute Gasteiger partial charge is 0.383 e. The molecule has 0 fully saturated rings. The van der Waals surface area contributed by atoms with Crippen molar-refractivity contribution in [1.82, 2.24) is 0 Å². The second kappa shape index (κ2) is 6.83. The number of anilines is 2. The zero-order chi connectivity index (χ0) is 16.2. The average molecular weight is 318 g/mol. The first-order valence-corrected chi connectivity index (χ1v) is 8.79. The van der Waals surface area contributed by atoms with Gasteiger partial charge in [0.05, 0.1) is 16.3 Å². The minimum atomic E-state index is -3.58. The van der Waals surface area contributed by atoms with E-state index in [9.17, 15) is 8.42 Å². The van der Waals surface area contributed by atoms with Gasteiger partial charge in [-0.3, -0.25) is 4.72 Å². The first-order valence-electron chi connectivity index (χ1n) is 7.31. The molecule has 4 nitrogen and oxygen atoms in total. The third-order valence-electron chi connectivity index (χ3n) is 3.20. The summed E-state index contributed by atoms with van der Waals surface area (Å²) in [5.74, 6) is 0.474. The third-order valence-corrected chi connectivity index (χ3v) is 4.58. The van der Waals surface area contributed by atoms with E-state index in [1.807, 2.05) is 25.1 Å². The van der Waals surface area contributed by atoms with Crippen molar-refractivity contribution in [3.63, 3.8) is 0 Å². The van der Waals surface area contributed by atoms with E-state index < -0.39 is 10.0 Å². The van der Waals surface area contributed by atoms with E-state index in [1.54, 1.807) is 30.3 Å². The molecule has 0 spiro atoms. The van der Waals surface area contributed by atoms with E-state index >= 15 is 0 Å². The average Bonchev–Trinajstić information content (AvgIpc) is 2.46. The van der Waals surface area contributed by atoms with Crippen molar-refractivity contribution in [2.45, 2.75) is 25.7 Å². The second-order valence-corrected chi connectivity index (χ2v) is 7.42. The quantitative estimate of drug-likeness (QED) is 0.850.